The van der Waals surface area contributed by atoms with Gasteiger partial charge in [0, 0.05) is 20.4 Å². The quantitative estimate of drug-likeness (QED) is 0.179. The molecule has 1 aliphatic rings. The first-order valence-corrected chi connectivity index (χ1v) is 12.0. The van der Waals surface area contributed by atoms with Crippen molar-refractivity contribution in [3.05, 3.63) is 122 Å². The lowest BCUT2D eigenvalue weighted by atomic mass is 10.1. The summed E-state index contributed by atoms with van der Waals surface area (Å²) in [4.78, 5) is 15.2. The van der Waals surface area contributed by atoms with Crippen LogP contribution in [0.5, 0.6) is 0 Å². The van der Waals surface area contributed by atoms with Crippen LogP contribution in [0.3, 0.4) is 0 Å². The van der Waals surface area contributed by atoms with Crippen molar-refractivity contribution in [1.82, 2.24) is 0 Å². The highest BCUT2D eigenvalue weighted by molar-refractivity contribution is 14.1. The molecule has 0 aliphatic carbocycles. The van der Waals surface area contributed by atoms with Gasteiger partial charge in [-0.05, 0) is 94.9 Å². The molecule has 0 saturated heterocycles. The average Bonchev–Trinajstić information content (AvgIpc) is 3.42. The summed E-state index contributed by atoms with van der Waals surface area (Å²) in [7, 11) is 0. The van der Waals surface area contributed by atoms with E-state index in [0.29, 0.717) is 27.1 Å². The van der Waals surface area contributed by atoms with Crippen molar-refractivity contribution in [2.45, 2.75) is 0 Å². The van der Waals surface area contributed by atoms with E-state index in [4.69, 9.17) is 27.6 Å². The predicted octanol–water partition coefficient (Wildman–Crippen LogP) is 8.33. The zero-order valence-electron chi connectivity index (χ0n) is 17.1. The third-order valence-corrected chi connectivity index (χ3v) is 6.72. The highest BCUT2D eigenvalue weighted by Gasteiger charge is 2.30. The van der Waals surface area contributed by atoms with Crippen molar-refractivity contribution >= 4 is 69.2 Å². The summed E-state index contributed by atoms with van der Waals surface area (Å²) in [5.41, 5.74) is 3.96. The Morgan fingerprint density at radius 1 is 0.818 bits per heavy atom. The maximum absolute atomic E-state index is 13.5. The summed E-state index contributed by atoms with van der Waals surface area (Å²) >= 11 is 14.4. The molecule has 1 aromatic heterocycles. The fraction of sp³-hybridized carbons (Fsp3) is 0. The molecule has 0 bridgehead atoms. The van der Waals surface area contributed by atoms with Crippen LogP contribution in [-0.4, -0.2) is 5.91 Å². The number of nitrogens with zero attached hydrogens (tertiary/aromatic N) is 1. The minimum absolute atomic E-state index is 0.109. The molecule has 1 aliphatic heterocycles. The van der Waals surface area contributed by atoms with Gasteiger partial charge in [-0.1, -0.05) is 53.5 Å². The number of hydrogen-bond donors (Lipinski definition) is 0. The smallest absolute Gasteiger partial charge is 0.263 e. The fourth-order valence-corrected chi connectivity index (χ4v) is 4.33. The Labute approximate surface area is 215 Å². The fourth-order valence-electron chi connectivity index (χ4n) is 3.67. The maximum atomic E-state index is 13.5. The summed E-state index contributed by atoms with van der Waals surface area (Å²) in [6, 6.07) is 26.8. The van der Waals surface area contributed by atoms with Crippen LogP contribution in [0.25, 0.3) is 23.1 Å². The van der Waals surface area contributed by atoms with E-state index >= 15 is 0 Å². The first kappa shape index (κ1) is 22.0. The van der Waals surface area contributed by atoms with Crippen molar-refractivity contribution < 1.29 is 9.21 Å². The van der Waals surface area contributed by atoms with Crippen molar-refractivity contribution in [3.63, 3.8) is 0 Å². The summed E-state index contributed by atoms with van der Waals surface area (Å²) in [6.45, 7) is 0. The SMILES string of the molecule is O=C1/C(=C/c2ccc(-c3ccc(Cl)c(Cl)c3)o2)C=C(c2ccccc2)N1c1ccc(I)cc1. The number of carbonyl (C=O) groups is 1. The van der Waals surface area contributed by atoms with E-state index in [0.717, 1.165) is 26.1 Å². The van der Waals surface area contributed by atoms with Gasteiger partial charge in [0.05, 0.1) is 15.7 Å². The van der Waals surface area contributed by atoms with Gasteiger partial charge in [0.15, 0.2) is 0 Å². The lowest BCUT2D eigenvalue weighted by molar-refractivity contribution is -0.113. The van der Waals surface area contributed by atoms with Gasteiger partial charge in [-0.2, -0.15) is 0 Å². The molecule has 3 aromatic carbocycles. The molecule has 0 fully saturated rings. The Bertz CT molecular complexity index is 1410. The Morgan fingerprint density at radius 2 is 1.58 bits per heavy atom. The third-order valence-electron chi connectivity index (χ3n) is 5.27. The number of carbonyl (C=O) groups excluding carboxylic acids is 1. The molecule has 0 saturated carbocycles. The minimum Gasteiger partial charge on any atom is -0.457 e. The molecule has 0 N–H and O–H groups in total. The number of amides is 1. The van der Waals surface area contributed by atoms with Gasteiger partial charge >= 0.3 is 0 Å². The van der Waals surface area contributed by atoms with E-state index in [9.17, 15) is 4.79 Å². The van der Waals surface area contributed by atoms with Crippen LogP contribution in [0.1, 0.15) is 11.3 Å². The molecule has 0 spiro atoms. The molecule has 1 amide bonds. The van der Waals surface area contributed by atoms with Crippen molar-refractivity contribution in [2.24, 2.45) is 0 Å². The number of furan rings is 1. The molecule has 3 nitrogen and oxygen atoms in total. The van der Waals surface area contributed by atoms with E-state index in [1.54, 1.807) is 23.1 Å². The zero-order chi connectivity index (χ0) is 22.9. The summed E-state index contributed by atoms with van der Waals surface area (Å²) in [5.74, 6) is 1.11. The zero-order valence-corrected chi connectivity index (χ0v) is 20.8. The number of rotatable bonds is 4. The molecular formula is C27H16Cl2INO2. The second-order valence-corrected chi connectivity index (χ2v) is 9.50. The van der Waals surface area contributed by atoms with E-state index in [-0.39, 0.29) is 5.91 Å². The van der Waals surface area contributed by atoms with Crippen LogP contribution in [0.2, 0.25) is 10.0 Å². The van der Waals surface area contributed by atoms with Crippen LogP contribution in [0.15, 0.2) is 101 Å². The largest absolute Gasteiger partial charge is 0.457 e. The maximum Gasteiger partial charge on any atom is 0.263 e. The van der Waals surface area contributed by atoms with Gasteiger partial charge < -0.3 is 4.42 Å². The first-order chi connectivity index (χ1) is 16.0. The number of anilines is 1. The molecule has 33 heavy (non-hydrogen) atoms. The summed E-state index contributed by atoms with van der Waals surface area (Å²) in [5, 5.41) is 0.945. The van der Waals surface area contributed by atoms with Gasteiger partial charge in [0.25, 0.3) is 5.91 Å². The standard InChI is InChI=1S/C27H16Cl2INO2/c28-23-12-6-18(15-24(23)29)26-13-11-22(33-26)14-19-16-25(17-4-2-1-3-5-17)31(27(19)32)21-9-7-20(30)8-10-21/h1-16H/b19-14+. The van der Waals surface area contributed by atoms with Crippen LogP contribution >= 0.6 is 45.8 Å². The van der Waals surface area contributed by atoms with Crippen LogP contribution in [-0.2, 0) is 4.79 Å². The van der Waals surface area contributed by atoms with Gasteiger partial charge in [-0.15, -0.1) is 0 Å². The molecule has 5 rings (SSSR count). The number of halogens is 3. The Hall–Kier alpha value is -2.80. The molecule has 4 aromatic rings. The van der Waals surface area contributed by atoms with Gasteiger partial charge in [0.2, 0.25) is 0 Å². The van der Waals surface area contributed by atoms with E-state index in [2.05, 4.69) is 22.6 Å². The van der Waals surface area contributed by atoms with Crippen molar-refractivity contribution in [1.29, 1.82) is 0 Å². The molecular weight excluding hydrogens is 568 g/mol. The van der Waals surface area contributed by atoms with Crippen LogP contribution in [0, 0.1) is 3.57 Å². The van der Waals surface area contributed by atoms with Crippen molar-refractivity contribution in [2.75, 3.05) is 4.90 Å². The Kier molecular flexibility index (Phi) is 6.15. The van der Waals surface area contributed by atoms with Crippen LogP contribution < -0.4 is 4.90 Å². The predicted molar refractivity (Wildman–Crippen MR) is 143 cm³/mol. The van der Waals surface area contributed by atoms with E-state index < -0.39 is 0 Å². The lowest BCUT2D eigenvalue weighted by Crippen LogP contribution is -2.24. The number of benzene rings is 3. The monoisotopic (exact) mass is 583 g/mol. The molecule has 0 atom stereocenters. The first-order valence-electron chi connectivity index (χ1n) is 10.1. The van der Waals surface area contributed by atoms with E-state index in [1.807, 2.05) is 78.9 Å². The highest BCUT2D eigenvalue weighted by Crippen LogP contribution is 2.36. The molecule has 2 heterocycles. The molecule has 162 valence electrons. The lowest BCUT2D eigenvalue weighted by Gasteiger charge is -2.20. The second-order valence-electron chi connectivity index (χ2n) is 7.44. The van der Waals surface area contributed by atoms with E-state index in [1.165, 1.54) is 0 Å². The number of hydrogen-bond acceptors (Lipinski definition) is 2. The Morgan fingerprint density at radius 3 is 2.30 bits per heavy atom. The summed E-state index contributed by atoms with van der Waals surface area (Å²) in [6.07, 6.45) is 3.66. The van der Waals surface area contributed by atoms with Crippen molar-refractivity contribution in [3.8, 4) is 11.3 Å². The topological polar surface area (TPSA) is 33.5 Å². The molecule has 0 unspecified atom stereocenters. The molecule has 6 heteroatoms. The van der Waals surface area contributed by atoms with Gasteiger partial charge in [-0.25, -0.2) is 0 Å². The Balaban J connectivity index is 1.53. The minimum atomic E-state index is -0.109. The van der Waals surface area contributed by atoms with Gasteiger partial charge in [-0.3, -0.25) is 9.69 Å². The normalized spacial score (nSPS) is 14.8. The average molecular weight is 584 g/mol. The molecule has 0 radical (unpaired) electrons. The second kappa shape index (κ2) is 9.21. The summed E-state index contributed by atoms with van der Waals surface area (Å²) < 4.78 is 7.10. The van der Waals surface area contributed by atoms with Crippen LogP contribution in [0.4, 0.5) is 5.69 Å². The van der Waals surface area contributed by atoms with Gasteiger partial charge in [0.1, 0.15) is 11.5 Å². The third kappa shape index (κ3) is 4.51. The highest BCUT2D eigenvalue weighted by atomic mass is 127.